The van der Waals surface area contributed by atoms with Crippen molar-refractivity contribution in [3.05, 3.63) is 64.6 Å². The minimum Gasteiger partial charge on any atom is -0.488 e. The summed E-state index contributed by atoms with van der Waals surface area (Å²) in [6.45, 7) is 6.40. The summed E-state index contributed by atoms with van der Waals surface area (Å²) in [5.41, 5.74) is 1.08. The number of thiophene rings is 1. The maximum atomic E-state index is 14.1. The fourth-order valence-corrected chi connectivity index (χ4v) is 5.32. The molecule has 8 heteroatoms. The van der Waals surface area contributed by atoms with E-state index in [-0.39, 0.29) is 37.5 Å². The smallest absolute Gasteiger partial charge is 0.237 e. The maximum Gasteiger partial charge on any atom is 0.237 e. The van der Waals surface area contributed by atoms with Crippen molar-refractivity contribution in [3.8, 4) is 5.75 Å². The Hall–Kier alpha value is -2.26. The number of benzene rings is 1. The van der Waals surface area contributed by atoms with Gasteiger partial charge in [0.15, 0.2) is 11.6 Å². The Morgan fingerprint density at radius 1 is 1.35 bits per heavy atom. The van der Waals surface area contributed by atoms with Crippen LogP contribution in [0.4, 0.5) is 4.39 Å². The number of fused-ring (bicyclic) bond motifs is 1. The largest absolute Gasteiger partial charge is 0.488 e. The lowest BCUT2D eigenvalue weighted by atomic mass is 10.0. The topological polar surface area (TPSA) is 62.2 Å². The predicted octanol–water partition coefficient (Wildman–Crippen LogP) is 3.67. The maximum absolute atomic E-state index is 14.1. The van der Waals surface area contributed by atoms with Crippen molar-refractivity contribution in [2.45, 2.75) is 31.4 Å². The number of para-hydroxylation sites is 1. The molecule has 1 aromatic heterocycles. The summed E-state index contributed by atoms with van der Waals surface area (Å²) < 4.78 is 25.3. The highest BCUT2D eigenvalue weighted by Gasteiger charge is 2.34. The fraction of sp³-hybridized carbons (Fsp3) is 0.500. The monoisotopic (exact) mass is 488 g/mol. The second-order valence-electron chi connectivity index (χ2n) is 9.01. The molecule has 0 bridgehead atoms. The van der Waals surface area contributed by atoms with Crippen LogP contribution in [-0.4, -0.2) is 72.9 Å². The number of hydrogen-bond donors (Lipinski definition) is 1. The Morgan fingerprint density at radius 2 is 2.18 bits per heavy atom. The van der Waals surface area contributed by atoms with Crippen LogP contribution in [0.3, 0.4) is 0 Å². The Morgan fingerprint density at radius 3 is 2.94 bits per heavy atom. The Bertz CT molecular complexity index is 964. The summed E-state index contributed by atoms with van der Waals surface area (Å²) in [6.07, 6.45) is 4.10. The zero-order chi connectivity index (χ0) is 23.9. The number of aliphatic hydroxyl groups excluding tert-OH is 1. The van der Waals surface area contributed by atoms with Gasteiger partial charge in [-0.25, -0.2) is 4.39 Å². The second kappa shape index (κ2) is 11.9. The molecule has 2 aromatic rings. The highest BCUT2D eigenvalue weighted by Crippen LogP contribution is 2.35. The van der Waals surface area contributed by atoms with Gasteiger partial charge >= 0.3 is 0 Å². The SMILES string of the molecule is C=CCOC[C@H](O)CN(CC(=O)N1CCc2sccc2[C@@H]1COc1ccccc1F)CC1CC1. The van der Waals surface area contributed by atoms with Crippen molar-refractivity contribution in [1.82, 2.24) is 9.80 Å². The lowest BCUT2D eigenvalue weighted by molar-refractivity contribution is -0.136. The number of nitrogens with zero attached hydrogens (tertiary/aromatic N) is 2. The number of carbonyl (C=O) groups is 1. The number of rotatable bonds is 13. The van der Waals surface area contributed by atoms with E-state index < -0.39 is 11.9 Å². The van der Waals surface area contributed by atoms with Gasteiger partial charge in [0.05, 0.1) is 31.9 Å². The zero-order valence-electron chi connectivity index (χ0n) is 19.4. The average molecular weight is 489 g/mol. The van der Waals surface area contributed by atoms with E-state index in [9.17, 15) is 14.3 Å². The Labute approximate surface area is 204 Å². The Kier molecular flexibility index (Phi) is 8.72. The molecule has 1 amide bonds. The van der Waals surface area contributed by atoms with Crippen molar-refractivity contribution >= 4 is 17.2 Å². The third kappa shape index (κ3) is 6.66. The zero-order valence-corrected chi connectivity index (χ0v) is 20.2. The molecule has 1 N–H and O–H groups in total. The summed E-state index contributed by atoms with van der Waals surface area (Å²) in [6, 6.07) is 8.10. The molecule has 0 saturated heterocycles. The lowest BCUT2D eigenvalue weighted by Gasteiger charge is -2.37. The van der Waals surface area contributed by atoms with Crippen molar-refractivity contribution in [3.63, 3.8) is 0 Å². The summed E-state index contributed by atoms with van der Waals surface area (Å²) >= 11 is 1.68. The third-order valence-electron chi connectivity index (χ3n) is 6.24. The van der Waals surface area contributed by atoms with Crippen LogP contribution in [-0.2, 0) is 16.0 Å². The molecule has 184 valence electrons. The van der Waals surface area contributed by atoms with Crippen molar-refractivity contribution in [1.29, 1.82) is 0 Å². The molecular weight excluding hydrogens is 455 g/mol. The molecule has 2 aliphatic rings. The first-order valence-corrected chi connectivity index (χ1v) is 12.7. The van der Waals surface area contributed by atoms with Gasteiger partial charge in [0.2, 0.25) is 5.91 Å². The molecule has 34 heavy (non-hydrogen) atoms. The van der Waals surface area contributed by atoms with E-state index in [0.29, 0.717) is 25.6 Å². The summed E-state index contributed by atoms with van der Waals surface area (Å²) in [5, 5.41) is 12.4. The standard InChI is InChI=1S/C26H33FN2O4S/c1-2-12-32-17-20(30)15-28(14-19-7-8-19)16-26(31)29-11-9-25-21(10-13-34-25)23(29)18-33-24-6-4-3-5-22(24)27/h2-6,10,13,19-20,23,30H,1,7-9,11-12,14-18H2/t20-,23+/m1/s1. The van der Waals surface area contributed by atoms with E-state index in [0.717, 1.165) is 31.4 Å². The molecule has 6 nitrogen and oxygen atoms in total. The molecule has 1 aliphatic carbocycles. The molecule has 1 aliphatic heterocycles. The summed E-state index contributed by atoms with van der Waals surface area (Å²) in [7, 11) is 0. The number of aliphatic hydroxyl groups is 1. The fourth-order valence-electron chi connectivity index (χ4n) is 4.39. The molecule has 0 radical (unpaired) electrons. The van der Waals surface area contributed by atoms with Gasteiger partial charge in [-0.05, 0) is 54.3 Å². The van der Waals surface area contributed by atoms with E-state index in [4.69, 9.17) is 9.47 Å². The Balaban J connectivity index is 1.43. The predicted molar refractivity (Wildman–Crippen MR) is 131 cm³/mol. The number of amides is 1. The first kappa shape index (κ1) is 24.9. The number of ether oxygens (including phenoxy) is 2. The third-order valence-corrected chi connectivity index (χ3v) is 7.23. The molecule has 1 saturated carbocycles. The van der Waals surface area contributed by atoms with Crippen LogP contribution in [0, 0.1) is 11.7 Å². The van der Waals surface area contributed by atoms with Crippen LogP contribution in [0.2, 0.25) is 0 Å². The van der Waals surface area contributed by atoms with E-state index in [1.165, 1.54) is 10.9 Å². The quantitative estimate of drug-likeness (QED) is 0.344. The lowest BCUT2D eigenvalue weighted by Crippen LogP contribution is -2.48. The summed E-state index contributed by atoms with van der Waals surface area (Å²) in [4.78, 5) is 18.6. The van der Waals surface area contributed by atoms with E-state index in [1.807, 2.05) is 21.2 Å². The number of carbonyl (C=O) groups excluding carboxylic acids is 1. The number of hydrogen-bond acceptors (Lipinski definition) is 6. The van der Waals surface area contributed by atoms with Gasteiger partial charge in [-0.15, -0.1) is 17.9 Å². The van der Waals surface area contributed by atoms with Crippen LogP contribution in [0.15, 0.2) is 48.4 Å². The highest BCUT2D eigenvalue weighted by atomic mass is 32.1. The van der Waals surface area contributed by atoms with Gasteiger partial charge in [0, 0.05) is 24.5 Å². The second-order valence-corrected chi connectivity index (χ2v) is 10.0. The van der Waals surface area contributed by atoms with Crippen LogP contribution in [0.1, 0.15) is 29.3 Å². The summed E-state index contributed by atoms with van der Waals surface area (Å²) in [5.74, 6) is 0.359. The molecular formula is C26H33FN2O4S. The van der Waals surface area contributed by atoms with Gasteiger partial charge in [0.25, 0.3) is 0 Å². The van der Waals surface area contributed by atoms with Crippen molar-refractivity contribution < 1.29 is 23.8 Å². The van der Waals surface area contributed by atoms with Crippen molar-refractivity contribution in [2.24, 2.45) is 5.92 Å². The molecule has 2 atom stereocenters. The van der Waals surface area contributed by atoms with Crippen molar-refractivity contribution in [2.75, 3.05) is 46.0 Å². The van der Waals surface area contributed by atoms with Crippen LogP contribution < -0.4 is 4.74 Å². The van der Waals surface area contributed by atoms with E-state index in [2.05, 4.69) is 6.58 Å². The van der Waals surface area contributed by atoms with Crippen LogP contribution >= 0.6 is 11.3 Å². The number of halogens is 1. The minimum absolute atomic E-state index is 0.00107. The van der Waals surface area contributed by atoms with E-state index in [1.54, 1.807) is 35.6 Å². The molecule has 4 rings (SSSR count). The minimum atomic E-state index is -0.670. The van der Waals surface area contributed by atoms with Gasteiger partial charge in [-0.1, -0.05) is 18.2 Å². The first-order valence-electron chi connectivity index (χ1n) is 11.9. The van der Waals surface area contributed by atoms with Gasteiger partial charge in [-0.2, -0.15) is 0 Å². The average Bonchev–Trinajstić information content (AvgIpc) is 3.50. The molecule has 1 aromatic carbocycles. The first-order chi connectivity index (χ1) is 16.5. The van der Waals surface area contributed by atoms with Crippen LogP contribution in [0.25, 0.3) is 0 Å². The van der Waals surface area contributed by atoms with Gasteiger partial charge < -0.3 is 19.5 Å². The van der Waals surface area contributed by atoms with Gasteiger partial charge in [0.1, 0.15) is 6.61 Å². The normalized spacial score (nSPS) is 18.6. The highest BCUT2D eigenvalue weighted by molar-refractivity contribution is 7.10. The molecule has 0 spiro atoms. The molecule has 2 heterocycles. The van der Waals surface area contributed by atoms with Gasteiger partial charge in [-0.3, -0.25) is 9.69 Å². The van der Waals surface area contributed by atoms with Crippen LogP contribution in [0.5, 0.6) is 5.75 Å². The molecule has 0 unspecified atom stereocenters. The van der Waals surface area contributed by atoms with E-state index >= 15 is 0 Å². The molecule has 1 fully saturated rings.